The standard InChI is InChI=1S/C14H25N3O2/c1-6-19-14(18)12-8-16-17(5)13(12)9-15-11(4)7-10(2)3/h8,10-11,15H,6-7,9H2,1-5H3. The summed E-state index contributed by atoms with van der Waals surface area (Å²) in [5, 5.41) is 7.56. The van der Waals surface area contributed by atoms with Crippen molar-refractivity contribution in [1.29, 1.82) is 0 Å². The summed E-state index contributed by atoms with van der Waals surface area (Å²) < 4.78 is 6.76. The lowest BCUT2D eigenvalue weighted by atomic mass is 10.1. The topological polar surface area (TPSA) is 56.1 Å². The van der Waals surface area contributed by atoms with Gasteiger partial charge >= 0.3 is 5.97 Å². The molecule has 0 aliphatic rings. The molecule has 19 heavy (non-hydrogen) atoms. The summed E-state index contributed by atoms with van der Waals surface area (Å²) in [6, 6.07) is 0.407. The summed E-state index contributed by atoms with van der Waals surface area (Å²) in [6.45, 7) is 9.36. The SMILES string of the molecule is CCOC(=O)c1cnn(C)c1CNC(C)CC(C)C. The van der Waals surface area contributed by atoms with Gasteiger partial charge in [0.15, 0.2) is 0 Å². The van der Waals surface area contributed by atoms with Crippen LogP contribution in [-0.4, -0.2) is 28.4 Å². The van der Waals surface area contributed by atoms with Gasteiger partial charge in [0.1, 0.15) is 5.56 Å². The molecule has 1 unspecified atom stereocenters. The zero-order valence-electron chi connectivity index (χ0n) is 12.6. The maximum absolute atomic E-state index is 11.8. The van der Waals surface area contributed by atoms with Crippen molar-refractivity contribution in [1.82, 2.24) is 15.1 Å². The van der Waals surface area contributed by atoms with Crippen molar-refractivity contribution < 1.29 is 9.53 Å². The molecular formula is C14H25N3O2. The highest BCUT2D eigenvalue weighted by molar-refractivity contribution is 5.90. The molecule has 0 aliphatic carbocycles. The van der Waals surface area contributed by atoms with E-state index in [9.17, 15) is 4.79 Å². The van der Waals surface area contributed by atoms with Gasteiger partial charge in [0.2, 0.25) is 0 Å². The molecule has 1 heterocycles. The number of ether oxygens (including phenoxy) is 1. The molecule has 0 aliphatic heterocycles. The molecule has 0 radical (unpaired) electrons. The predicted molar refractivity (Wildman–Crippen MR) is 74.9 cm³/mol. The van der Waals surface area contributed by atoms with E-state index in [1.54, 1.807) is 17.8 Å². The quantitative estimate of drug-likeness (QED) is 0.769. The van der Waals surface area contributed by atoms with Crippen molar-refractivity contribution in [2.24, 2.45) is 13.0 Å². The fraction of sp³-hybridized carbons (Fsp3) is 0.714. The van der Waals surface area contributed by atoms with Crippen LogP contribution in [0.2, 0.25) is 0 Å². The van der Waals surface area contributed by atoms with Crippen LogP contribution in [0.3, 0.4) is 0 Å². The van der Waals surface area contributed by atoms with Gasteiger partial charge in [-0.3, -0.25) is 4.68 Å². The molecule has 5 heteroatoms. The van der Waals surface area contributed by atoms with Gasteiger partial charge in [-0.2, -0.15) is 5.10 Å². The molecule has 0 amide bonds. The monoisotopic (exact) mass is 267 g/mol. The van der Waals surface area contributed by atoms with Gasteiger partial charge in [-0.1, -0.05) is 13.8 Å². The highest BCUT2D eigenvalue weighted by Crippen LogP contribution is 2.11. The van der Waals surface area contributed by atoms with Crippen LogP contribution >= 0.6 is 0 Å². The first-order valence-electron chi connectivity index (χ1n) is 6.87. The molecule has 0 saturated carbocycles. The molecule has 1 aromatic rings. The summed E-state index contributed by atoms with van der Waals surface area (Å²) in [5.74, 6) is 0.350. The fourth-order valence-electron chi connectivity index (χ4n) is 2.11. The second-order valence-corrected chi connectivity index (χ2v) is 5.26. The highest BCUT2D eigenvalue weighted by Gasteiger charge is 2.17. The van der Waals surface area contributed by atoms with Crippen LogP contribution in [0, 0.1) is 5.92 Å². The number of hydrogen-bond acceptors (Lipinski definition) is 4. The lowest BCUT2D eigenvalue weighted by Gasteiger charge is -2.16. The van der Waals surface area contributed by atoms with Crippen molar-refractivity contribution in [3.63, 3.8) is 0 Å². The van der Waals surface area contributed by atoms with Crippen molar-refractivity contribution in [2.45, 2.75) is 46.7 Å². The van der Waals surface area contributed by atoms with Crippen LogP contribution in [0.1, 0.15) is 50.2 Å². The Morgan fingerprint density at radius 2 is 2.16 bits per heavy atom. The highest BCUT2D eigenvalue weighted by atomic mass is 16.5. The average molecular weight is 267 g/mol. The van der Waals surface area contributed by atoms with Crippen LogP contribution < -0.4 is 5.32 Å². The number of nitrogens with zero attached hydrogens (tertiary/aromatic N) is 2. The zero-order chi connectivity index (χ0) is 14.4. The molecule has 0 saturated heterocycles. The first-order chi connectivity index (χ1) is 8.95. The maximum Gasteiger partial charge on any atom is 0.341 e. The van der Waals surface area contributed by atoms with E-state index in [1.165, 1.54) is 0 Å². The third-order valence-corrected chi connectivity index (χ3v) is 3.00. The molecular weight excluding hydrogens is 242 g/mol. The van der Waals surface area contributed by atoms with Gasteiger partial charge < -0.3 is 10.1 Å². The fourth-order valence-corrected chi connectivity index (χ4v) is 2.11. The zero-order valence-corrected chi connectivity index (χ0v) is 12.6. The van der Waals surface area contributed by atoms with E-state index in [-0.39, 0.29) is 5.97 Å². The predicted octanol–water partition coefficient (Wildman–Crippen LogP) is 2.12. The Labute approximate surface area is 115 Å². The van der Waals surface area contributed by atoms with Crippen LogP contribution in [0.5, 0.6) is 0 Å². The number of nitrogens with one attached hydrogen (secondary N) is 1. The van der Waals surface area contributed by atoms with E-state index in [2.05, 4.69) is 31.2 Å². The summed E-state index contributed by atoms with van der Waals surface area (Å²) in [7, 11) is 1.84. The summed E-state index contributed by atoms with van der Waals surface area (Å²) in [6.07, 6.45) is 2.68. The van der Waals surface area contributed by atoms with Crippen LogP contribution in [0.25, 0.3) is 0 Å². The number of aromatic nitrogens is 2. The van der Waals surface area contributed by atoms with Gasteiger partial charge in [-0.15, -0.1) is 0 Å². The molecule has 108 valence electrons. The van der Waals surface area contributed by atoms with Crippen molar-refractivity contribution in [3.8, 4) is 0 Å². The maximum atomic E-state index is 11.8. The number of carbonyl (C=O) groups is 1. The van der Waals surface area contributed by atoms with Crippen LogP contribution in [-0.2, 0) is 18.3 Å². The van der Waals surface area contributed by atoms with Gasteiger partial charge in [0.05, 0.1) is 18.5 Å². The summed E-state index contributed by atoms with van der Waals surface area (Å²) >= 11 is 0. The molecule has 1 N–H and O–H groups in total. The van der Waals surface area contributed by atoms with Crippen LogP contribution in [0.4, 0.5) is 0 Å². The third kappa shape index (κ3) is 4.67. The number of hydrogen-bond donors (Lipinski definition) is 1. The van der Waals surface area contributed by atoms with Gasteiger partial charge in [0, 0.05) is 19.6 Å². The minimum atomic E-state index is -0.302. The number of esters is 1. The van der Waals surface area contributed by atoms with E-state index < -0.39 is 0 Å². The van der Waals surface area contributed by atoms with E-state index in [0.29, 0.717) is 30.7 Å². The first-order valence-corrected chi connectivity index (χ1v) is 6.87. The molecule has 0 fully saturated rings. The molecule has 0 bridgehead atoms. The first kappa shape index (κ1) is 15.7. The molecule has 1 atom stereocenters. The largest absolute Gasteiger partial charge is 0.462 e. The minimum Gasteiger partial charge on any atom is -0.462 e. The third-order valence-electron chi connectivity index (χ3n) is 3.00. The second-order valence-electron chi connectivity index (χ2n) is 5.26. The van der Waals surface area contributed by atoms with Crippen molar-refractivity contribution >= 4 is 5.97 Å². The summed E-state index contributed by atoms with van der Waals surface area (Å²) in [5.41, 5.74) is 1.42. The Balaban J connectivity index is 2.67. The molecule has 0 spiro atoms. The molecule has 0 aromatic carbocycles. The number of aryl methyl sites for hydroxylation is 1. The Hall–Kier alpha value is -1.36. The normalized spacial score (nSPS) is 12.7. The summed E-state index contributed by atoms with van der Waals surface area (Å²) in [4.78, 5) is 11.8. The van der Waals surface area contributed by atoms with Gasteiger partial charge in [-0.25, -0.2) is 4.79 Å². The second kappa shape index (κ2) is 7.28. The minimum absolute atomic E-state index is 0.302. The van der Waals surface area contributed by atoms with Crippen molar-refractivity contribution in [2.75, 3.05) is 6.61 Å². The van der Waals surface area contributed by atoms with E-state index in [1.807, 2.05) is 7.05 Å². The Kier molecular flexibility index (Phi) is 6.02. The lowest BCUT2D eigenvalue weighted by Crippen LogP contribution is -2.28. The Morgan fingerprint density at radius 1 is 1.47 bits per heavy atom. The average Bonchev–Trinajstić information content (AvgIpc) is 2.67. The van der Waals surface area contributed by atoms with E-state index in [4.69, 9.17) is 4.74 Å². The molecule has 1 aromatic heterocycles. The van der Waals surface area contributed by atoms with Gasteiger partial charge in [0.25, 0.3) is 0 Å². The molecule has 5 nitrogen and oxygen atoms in total. The number of rotatable bonds is 7. The van der Waals surface area contributed by atoms with Crippen molar-refractivity contribution in [3.05, 3.63) is 17.5 Å². The Morgan fingerprint density at radius 3 is 2.74 bits per heavy atom. The molecule has 1 rings (SSSR count). The van der Waals surface area contributed by atoms with E-state index in [0.717, 1.165) is 12.1 Å². The van der Waals surface area contributed by atoms with E-state index >= 15 is 0 Å². The van der Waals surface area contributed by atoms with Crippen LogP contribution in [0.15, 0.2) is 6.20 Å². The lowest BCUT2D eigenvalue weighted by molar-refractivity contribution is 0.0524. The Bertz CT molecular complexity index is 413. The van der Waals surface area contributed by atoms with Gasteiger partial charge in [-0.05, 0) is 26.2 Å². The number of carbonyl (C=O) groups excluding carboxylic acids is 1. The smallest absolute Gasteiger partial charge is 0.341 e.